The molecule has 5 heteroatoms. The molecule has 0 aliphatic carbocycles. The molecule has 0 amide bonds. The van der Waals surface area contributed by atoms with E-state index in [-0.39, 0.29) is 6.42 Å². The van der Waals surface area contributed by atoms with E-state index in [2.05, 4.69) is 4.74 Å². The number of hydrogen-bond acceptors (Lipinski definition) is 4. The first-order valence-corrected chi connectivity index (χ1v) is 5.56. The highest BCUT2D eigenvalue weighted by Gasteiger charge is 2.42. The van der Waals surface area contributed by atoms with Crippen LogP contribution < -0.4 is 0 Å². The van der Waals surface area contributed by atoms with Crippen LogP contribution in [0.3, 0.4) is 0 Å². The lowest BCUT2D eigenvalue weighted by atomic mass is 9.75. The first kappa shape index (κ1) is 12.6. The Hall–Kier alpha value is -1.88. The van der Waals surface area contributed by atoms with Gasteiger partial charge in [0.2, 0.25) is 0 Å². The van der Waals surface area contributed by atoms with Gasteiger partial charge in [-0.1, -0.05) is 12.1 Å². The maximum Gasteiger partial charge on any atom is 0.337 e. The highest BCUT2D eigenvalue weighted by atomic mass is 16.5. The Balaban J connectivity index is 2.31. The molecule has 1 aliphatic rings. The fourth-order valence-electron chi connectivity index (χ4n) is 2.10. The lowest BCUT2D eigenvalue weighted by molar-refractivity contribution is -0.145. The fourth-order valence-corrected chi connectivity index (χ4v) is 2.10. The standard InChI is InChI=1S/C13H14O5/c1-17-12(16)9-3-2-4-10(5-9)13(6-11(14)15)7-18-8-13/h2-5H,6-8H2,1H3,(H,14,15). The van der Waals surface area contributed by atoms with Crippen molar-refractivity contribution in [2.45, 2.75) is 11.8 Å². The molecular formula is C13H14O5. The molecule has 1 heterocycles. The Morgan fingerprint density at radius 2 is 2.17 bits per heavy atom. The SMILES string of the molecule is COC(=O)c1cccc(C2(CC(=O)O)COC2)c1. The molecule has 0 spiro atoms. The predicted molar refractivity (Wildman–Crippen MR) is 62.5 cm³/mol. The third-order valence-electron chi connectivity index (χ3n) is 3.14. The number of methoxy groups -OCH3 is 1. The van der Waals surface area contributed by atoms with E-state index in [4.69, 9.17) is 9.84 Å². The topological polar surface area (TPSA) is 72.8 Å². The summed E-state index contributed by atoms with van der Waals surface area (Å²) >= 11 is 0. The Morgan fingerprint density at radius 3 is 2.67 bits per heavy atom. The van der Waals surface area contributed by atoms with Crippen LogP contribution in [0.5, 0.6) is 0 Å². The molecular weight excluding hydrogens is 236 g/mol. The monoisotopic (exact) mass is 250 g/mol. The number of carboxylic acid groups (broad SMARTS) is 1. The van der Waals surface area contributed by atoms with E-state index in [0.29, 0.717) is 18.8 Å². The van der Waals surface area contributed by atoms with Gasteiger partial charge in [-0.15, -0.1) is 0 Å². The number of carboxylic acids is 1. The van der Waals surface area contributed by atoms with E-state index >= 15 is 0 Å². The average Bonchev–Trinajstić information content (AvgIpc) is 2.32. The second-order valence-electron chi connectivity index (χ2n) is 4.42. The molecule has 1 fully saturated rings. The van der Waals surface area contributed by atoms with E-state index in [1.807, 2.05) is 6.07 Å². The first-order chi connectivity index (χ1) is 8.57. The minimum atomic E-state index is -0.873. The summed E-state index contributed by atoms with van der Waals surface area (Å²) in [6.07, 6.45) is -0.00236. The number of ether oxygens (including phenoxy) is 2. The van der Waals surface area contributed by atoms with Crippen LogP contribution in [0, 0.1) is 0 Å². The zero-order valence-corrected chi connectivity index (χ0v) is 10.0. The zero-order chi connectivity index (χ0) is 13.2. The second kappa shape index (κ2) is 4.78. The Morgan fingerprint density at radius 1 is 1.44 bits per heavy atom. The summed E-state index contributed by atoms with van der Waals surface area (Å²) in [4.78, 5) is 22.4. The van der Waals surface area contributed by atoms with Crippen molar-refractivity contribution in [3.63, 3.8) is 0 Å². The highest BCUT2D eigenvalue weighted by molar-refractivity contribution is 5.89. The van der Waals surface area contributed by atoms with Gasteiger partial charge < -0.3 is 14.6 Å². The molecule has 1 aliphatic heterocycles. The average molecular weight is 250 g/mol. The molecule has 2 rings (SSSR count). The molecule has 96 valence electrons. The summed E-state index contributed by atoms with van der Waals surface area (Å²) in [5, 5.41) is 8.95. The highest BCUT2D eigenvalue weighted by Crippen LogP contribution is 2.36. The van der Waals surface area contributed by atoms with Gasteiger partial charge in [0.15, 0.2) is 0 Å². The number of benzene rings is 1. The molecule has 18 heavy (non-hydrogen) atoms. The van der Waals surface area contributed by atoms with Crippen LogP contribution in [0.15, 0.2) is 24.3 Å². The number of aliphatic carboxylic acids is 1. The zero-order valence-electron chi connectivity index (χ0n) is 10.0. The van der Waals surface area contributed by atoms with Gasteiger partial charge in [0.1, 0.15) is 0 Å². The van der Waals surface area contributed by atoms with Crippen molar-refractivity contribution < 1.29 is 24.2 Å². The molecule has 0 unspecified atom stereocenters. The van der Waals surface area contributed by atoms with Crippen molar-refractivity contribution in [1.82, 2.24) is 0 Å². The largest absolute Gasteiger partial charge is 0.481 e. The number of rotatable bonds is 4. The van der Waals surface area contributed by atoms with E-state index < -0.39 is 17.4 Å². The van der Waals surface area contributed by atoms with Gasteiger partial charge in [-0.3, -0.25) is 4.79 Å². The Labute approximate surface area is 104 Å². The maximum absolute atomic E-state index is 11.5. The van der Waals surface area contributed by atoms with Gasteiger partial charge in [-0.2, -0.15) is 0 Å². The van der Waals surface area contributed by atoms with Crippen molar-refractivity contribution in [1.29, 1.82) is 0 Å². The third-order valence-corrected chi connectivity index (χ3v) is 3.14. The number of carbonyl (C=O) groups is 2. The van der Waals surface area contributed by atoms with Crippen LogP contribution >= 0.6 is 0 Å². The summed E-state index contributed by atoms with van der Waals surface area (Å²) in [6.45, 7) is 0.730. The van der Waals surface area contributed by atoms with Crippen molar-refractivity contribution in [2.75, 3.05) is 20.3 Å². The molecule has 1 N–H and O–H groups in total. The first-order valence-electron chi connectivity index (χ1n) is 5.56. The number of carbonyl (C=O) groups excluding carboxylic acids is 1. The number of hydrogen-bond donors (Lipinski definition) is 1. The Kier molecular flexibility index (Phi) is 3.34. The van der Waals surface area contributed by atoms with Crippen LogP contribution in [-0.2, 0) is 19.7 Å². The lowest BCUT2D eigenvalue weighted by Gasteiger charge is -2.41. The third kappa shape index (κ3) is 2.22. The van der Waals surface area contributed by atoms with E-state index in [9.17, 15) is 9.59 Å². The quantitative estimate of drug-likeness (QED) is 0.813. The van der Waals surface area contributed by atoms with Crippen molar-refractivity contribution in [2.24, 2.45) is 0 Å². The predicted octanol–water partition coefficient (Wildman–Crippen LogP) is 1.22. The van der Waals surface area contributed by atoms with Gasteiger partial charge in [0.25, 0.3) is 0 Å². The van der Waals surface area contributed by atoms with E-state index in [0.717, 1.165) is 5.56 Å². The summed E-state index contributed by atoms with van der Waals surface area (Å²) in [7, 11) is 1.31. The van der Waals surface area contributed by atoms with Gasteiger partial charge in [0, 0.05) is 0 Å². The normalized spacial score (nSPS) is 16.7. The molecule has 1 aromatic rings. The minimum absolute atomic E-state index is 0.00236. The molecule has 0 aromatic heterocycles. The summed E-state index contributed by atoms with van der Waals surface area (Å²) in [5.41, 5.74) is 0.710. The summed E-state index contributed by atoms with van der Waals surface area (Å²) in [6, 6.07) is 6.86. The molecule has 1 saturated heterocycles. The van der Waals surface area contributed by atoms with Crippen LogP contribution in [-0.4, -0.2) is 37.4 Å². The molecule has 0 radical (unpaired) electrons. The second-order valence-corrected chi connectivity index (χ2v) is 4.42. The van der Waals surface area contributed by atoms with Gasteiger partial charge in [-0.05, 0) is 17.7 Å². The molecule has 5 nitrogen and oxygen atoms in total. The number of esters is 1. The van der Waals surface area contributed by atoms with Crippen molar-refractivity contribution in [3.05, 3.63) is 35.4 Å². The van der Waals surface area contributed by atoms with Crippen LogP contribution in [0.25, 0.3) is 0 Å². The molecule has 1 aromatic carbocycles. The summed E-state index contributed by atoms with van der Waals surface area (Å²) in [5.74, 6) is -1.30. The smallest absolute Gasteiger partial charge is 0.337 e. The Bertz CT molecular complexity index is 476. The van der Waals surface area contributed by atoms with Crippen LogP contribution in [0.4, 0.5) is 0 Å². The van der Waals surface area contributed by atoms with Gasteiger partial charge in [-0.25, -0.2) is 4.79 Å². The fraction of sp³-hybridized carbons (Fsp3) is 0.385. The minimum Gasteiger partial charge on any atom is -0.481 e. The lowest BCUT2D eigenvalue weighted by Crippen LogP contribution is -2.48. The molecule has 0 atom stereocenters. The van der Waals surface area contributed by atoms with Crippen LogP contribution in [0.2, 0.25) is 0 Å². The summed E-state index contributed by atoms with van der Waals surface area (Å²) < 4.78 is 9.79. The maximum atomic E-state index is 11.5. The molecule has 0 saturated carbocycles. The van der Waals surface area contributed by atoms with Crippen molar-refractivity contribution >= 4 is 11.9 Å². The van der Waals surface area contributed by atoms with E-state index in [1.165, 1.54) is 7.11 Å². The van der Waals surface area contributed by atoms with Gasteiger partial charge >= 0.3 is 11.9 Å². The van der Waals surface area contributed by atoms with Crippen LogP contribution in [0.1, 0.15) is 22.3 Å². The molecule has 0 bridgehead atoms. The van der Waals surface area contributed by atoms with E-state index in [1.54, 1.807) is 18.2 Å². The van der Waals surface area contributed by atoms with Crippen molar-refractivity contribution in [3.8, 4) is 0 Å². The van der Waals surface area contributed by atoms with Gasteiger partial charge in [0.05, 0.1) is 37.7 Å².